The second-order valence-corrected chi connectivity index (χ2v) is 4.59. The number of hydrogen-bond acceptors (Lipinski definition) is 6. The third kappa shape index (κ3) is 11.2. The van der Waals surface area contributed by atoms with Crippen LogP contribution in [0.1, 0.15) is 13.8 Å². The van der Waals surface area contributed by atoms with E-state index in [0.717, 1.165) is 0 Å². The molecule has 22 heavy (non-hydrogen) atoms. The van der Waals surface area contributed by atoms with Crippen LogP contribution in [0.25, 0.3) is 0 Å². The van der Waals surface area contributed by atoms with E-state index in [4.69, 9.17) is 14.2 Å². The molecule has 0 aromatic heterocycles. The first kappa shape index (κ1) is 20.5. The van der Waals surface area contributed by atoms with E-state index in [9.17, 15) is 14.9 Å². The van der Waals surface area contributed by atoms with Gasteiger partial charge in [0, 0.05) is 24.1 Å². The van der Waals surface area contributed by atoms with Crippen LogP contribution in [0, 0.1) is 10.1 Å². The summed E-state index contributed by atoms with van der Waals surface area (Å²) in [4.78, 5) is 22.9. The number of carbonyl (C=O) groups is 1. The Bertz CT molecular complexity index is 359. The fourth-order valence-corrected chi connectivity index (χ4v) is 1.41. The number of likely N-dealkylation sites (N-methyl/N-ethyl adjacent to an activating group) is 1. The van der Waals surface area contributed by atoms with Crippen molar-refractivity contribution >= 4 is 5.91 Å². The molecular weight excluding hydrogens is 292 g/mol. The van der Waals surface area contributed by atoms with Gasteiger partial charge >= 0.3 is 0 Å². The summed E-state index contributed by atoms with van der Waals surface area (Å²) in [5.41, 5.74) is 0.711. The van der Waals surface area contributed by atoms with Crippen LogP contribution in [0.15, 0.2) is 11.6 Å². The highest BCUT2D eigenvalue weighted by Crippen LogP contribution is 1.98. The highest BCUT2D eigenvalue weighted by molar-refractivity contribution is 5.92. The zero-order chi connectivity index (χ0) is 16.8. The van der Waals surface area contributed by atoms with Gasteiger partial charge in [-0.3, -0.25) is 14.9 Å². The molecule has 0 aromatic carbocycles. The van der Waals surface area contributed by atoms with Gasteiger partial charge in [0.25, 0.3) is 0 Å². The molecule has 0 saturated heterocycles. The molecule has 0 rings (SSSR count). The third-order valence-corrected chi connectivity index (χ3v) is 2.85. The van der Waals surface area contributed by atoms with Crippen molar-refractivity contribution in [3.05, 3.63) is 21.8 Å². The molecule has 1 amide bonds. The molecule has 8 nitrogen and oxygen atoms in total. The topological polar surface area (TPSA) is 91.1 Å². The quantitative estimate of drug-likeness (QED) is 0.215. The van der Waals surface area contributed by atoms with E-state index < -0.39 is 4.92 Å². The van der Waals surface area contributed by atoms with Crippen LogP contribution >= 0.6 is 0 Å². The lowest BCUT2D eigenvalue weighted by molar-refractivity contribution is -0.483. The lowest BCUT2D eigenvalue weighted by atomic mass is 10.2. The Morgan fingerprint density at radius 3 is 2.09 bits per heavy atom. The molecule has 0 atom stereocenters. The van der Waals surface area contributed by atoms with Crippen molar-refractivity contribution < 1.29 is 23.9 Å². The summed E-state index contributed by atoms with van der Waals surface area (Å²) in [5.74, 6) is -0.00535. The summed E-state index contributed by atoms with van der Waals surface area (Å²) in [5, 5.41) is 10.0. The van der Waals surface area contributed by atoms with Gasteiger partial charge in [-0.25, -0.2) is 0 Å². The average Bonchev–Trinajstić information content (AvgIpc) is 2.50. The van der Waals surface area contributed by atoms with Crippen molar-refractivity contribution in [1.29, 1.82) is 0 Å². The van der Waals surface area contributed by atoms with E-state index in [1.807, 2.05) is 6.92 Å². The highest BCUT2D eigenvalue weighted by Gasteiger charge is 2.09. The molecule has 0 N–H and O–H groups in total. The summed E-state index contributed by atoms with van der Waals surface area (Å²) in [6.45, 7) is 6.03. The smallest absolute Gasteiger partial charge is 0.248 e. The maximum atomic E-state index is 11.7. The largest absolute Gasteiger partial charge is 0.377 e. The first-order chi connectivity index (χ1) is 10.5. The van der Waals surface area contributed by atoms with Crippen LogP contribution in [-0.2, 0) is 19.0 Å². The molecule has 0 spiro atoms. The number of nitro groups is 1. The van der Waals surface area contributed by atoms with Gasteiger partial charge < -0.3 is 19.1 Å². The molecule has 8 heteroatoms. The van der Waals surface area contributed by atoms with Crippen molar-refractivity contribution in [2.24, 2.45) is 0 Å². The average molecular weight is 318 g/mol. The number of carbonyl (C=O) groups excluding carboxylic acids is 1. The monoisotopic (exact) mass is 318 g/mol. The van der Waals surface area contributed by atoms with Gasteiger partial charge in [-0.15, -0.1) is 0 Å². The Labute approximate surface area is 131 Å². The van der Waals surface area contributed by atoms with Gasteiger partial charge in [0.05, 0.1) is 33.0 Å². The van der Waals surface area contributed by atoms with E-state index in [-0.39, 0.29) is 19.1 Å². The van der Waals surface area contributed by atoms with Crippen LogP contribution in [0.5, 0.6) is 0 Å². The Balaban J connectivity index is 3.37. The first-order valence-corrected chi connectivity index (χ1v) is 7.22. The lowest BCUT2D eigenvalue weighted by Gasteiger charge is -2.17. The SMILES string of the molecule is CC=C(C)C(=O)N(C)CCOCCOCCOCC[N+](=O)[O-]. The van der Waals surface area contributed by atoms with E-state index in [1.165, 1.54) is 0 Å². The molecule has 0 saturated carbocycles. The van der Waals surface area contributed by atoms with Gasteiger partial charge in [0.1, 0.15) is 6.61 Å². The summed E-state index contributed by atoms with van der Waals surface area (Å²) in [6.07, 6.45) is 1.78. The fourth-order valence-electron chi connectivity index (χ4n) is 1.41. The van der Waals surface area contributed by atoms with Gasteiger partial charge in [-0.05, 0) is 13.8 Å². The summed E-state index contributed by atoms with van der Waals surface area (Å²) >= 11 is 0. The first-order valence-electron chi connectivity index (χ1n) is 7.22. The lowest BCUT2D eigenvalue weighted by Crippen LogP contribution is -2.31. The summed E-state index contributed by atoms with van der Waals surface area (Å²) in [7, 11) is 1.73. The second kappa shape index (κ2) is 13.2. The minimum atomic E-state index is -0.422. The van der Waals surface area contributed by atoms with E-state index >= 15 is 0 Å². The molecule has 0 bridgehead atoms. The number of ether oxygens (including phenoxy) is 3. The number of allylic oxidation sites excluding steroid dienone is 1. The van der Waals surface area contributed by atoms with Crippen molar-refractivity contribution in [3.63, 3.8) is 0 Å². The van der Waals surface area contributed by atoms with Gasteiger partial charge in [0.15, 0.2) is 0 Å². The predicted octanol–water partition coefficient (Wildman–Crippen LogP) is 0.738. The molecule has 128 valence electrons. The Hall–Kier alpha value is -1.51. The van der Waals surface area contributed by atoms with Crippen molar-refractivity contribution in [3.8, 4) is 0 Å². The predicted molar refractivity (Wildman–Crippen MR) is 81.4 cm³/mol. The summed E-state index contributed by atoms with van der Waals surface area (Å²) < 4.78 is 15.6. The zero-order valence-electron chi connectivity index (χ0n) is 13.6. The minimum absolute atomic E-state index is 0.00535. The van der Waals surface area contributed by atoms with Crippen LogP contribution in [0.2, 0.25) is 0 Å². The number of rotatable bonds is 13. The van der Waals surface area contributed by atoms with E-state index in [2.05, 4.69) is 0 Å². The summed E-state index contributed by atoms with van der Waals surface area (Å²) in [6, 6.07) is 0. The molecule has 0 aliphatic heterocycles. The maximum Gasteiger partial charge on any atom is 0.248 e. The van der Waals surface area contributed by atoms with E-state index in [0.29, 0.717) is 45.2 Å². The van der Waals surface area contributed by atoms with Gasteiger partial charge in [-0.1, -0.05) is 6.08 Å². The van der Waals surface area contributed by atoms with Crippen molar-refractivity contribution in [1.82, 2.24) is 4.90 Å². The molecule has 0 unspecified atom stereocenters. The van der Waals surface area contributed by atoms with Crippen LogP contribution < -0.4 is 0 Å². The molecule has 0 radical (unpaired) electrons. The normalized spacial score (nSPS) is 11.5. The molecular formula is C14H26N2O6. The second-order valence-electron chi connectivity index (χ2n) is 4.59. The molecule has 0 heterocycles. The van der Waals surface area contributed by atoms with Crippen LogP contribution in [0.4, 0.5) is 0 Å². The number of hydrogen-bond donors (Lipinski definition) is 0. The number of nitrogens with zero attached hydrogens (tertiary/aromatic N) is 2. The van der Waals surface area contributed by atoms with Crippen molar-refractivity contribution in [2.45, 2.75) is 13.8 Å². The van der Waals surface area contributed by atoms with E-state index in [1.54, 1.807) is 24.9 Å². The standard InChI is InChI=1S/C14H26N2O6/c1-4-13(2)14(17)15(3)5-7-20-9-11-22-12-10-21-8-6-16(18)19/h4H,5-12H2,1-3H3. The third-order valence-electron chi connectivity index (χ3n) is 2.85. The Morgan fingerprint density at radius 1 is 1.09 bits per heavy atom. The minimum Gasteiger partial charge on any atom is -0.377 e. The zero-order valence-corrected chi connectivity index (χ0v) is 13.6. The molecule has 0 aliphatic rings. The maximum absolute atomic E-state index is 11.7. The molecule has 0 aliphatic carbocycles. The van der Waals surface area contributed by atoms with Crippen molar-refractivity contribution in [2.75, 3.05) is 59.8 Å². The molecule has 0 aromatic rings. The fraction of sp³-hybridized carbons (Fsp3) is 0.786. The van der Waals surface area contributed by atoms with Crippen LogP contribution in [0.3, 0.4) is 0 Å². The molecule has 0 fully saturated rings. The van der Waals surface area contributed by atoms with Gasteiger partial charge in [-0.2, -0.15) is 0 Å². The van der Waals surface area contributed by atoms with Crippen LogP contribution in [-0.4, -0.2) is 75.5 Å². The number of amides is 1. The highest BCUT2D eigenvalue weighted by atomic mass is 16.6. The van der Waals surface area contributed by atoms with Gasteiger partial charge in [0.2, 0.25) is 12.5 Å². The Morgan fingerprint density at radius 2 is 1.59 bits per heavy atom. The Kier molecular flexibility index (Phi) is 12.3.